The van der Waals surface area contributed by atoms with Crippen molar-refractivity contribution < 1.29 is 17.9 Å². The van der Waals surface area contributed by atoms with Gasteiger partial charge in [-0.05, 0) is 35.0 Å². The minimum Gasteiger partial charge on any atom is -0.487 e. The zero-order valence-electron chi connectivity index (χ0n) is 14.2. The molecule has 27 heavy (non-hydrogen) atoms. The van der Waals surface area contributed by atoms with Gasteiger partial charge in [0.05, 0.1) is 17.8 Å². The van der Waals surface area contributed by atoms with E-state index >= 15 is 0 Å². The summed E-state index contributed by atoms with van der Waals surface area (Å²) in [7, 11) is 0. The fourth-order valence-corrected chi connectivity index (χ4v) is 2.97. The van der Waals surface area contributed by atoms with E-state index in [1.54, 1.807) is 31.3 Å². The van der Waals surface area contributed by atoms with E-state index in [1.165, 1.54) is 4.57 Å². The van der Waals surface area contributed by atoms with Crippen molar-refractivity contribution in [1.29, 1.82) is 0 Å². The summed E-state index contributed by atoms with van der Waals surface area (Å²) in [6.07, 6.45) is 1.63. The van der Waals surface area contributed by atoms with E-state index in [1.807, 2.05) is 6.07 Å². The standard InChI is InChI=1S/C19H14BrF3N2O2/c1-11-6-17(27-10-14-15(22)7-12(21)8-16(14)23)18(20)19(26)25(11)9-13-4-2-3-5-24-13/h2-8H,9-10H2,1H3. The zero-order chi connectivity index (χ0) is 19.6. The molecule has 3 aromatic rings. The molecule has 0 saturated carbocycles. The van der Waals surface area contributed by atoms with Crippen molar-refractivity contribution in [2.24, 2.45) is 0 Å². The lowest BCUT2D eigenvalue weighted by Crippen LogP contribution is -2.24. The van der Waals surface area contributed by atoms with E-state index in [9.17, 15) is 18.0 Å². The number of rotatable bonds is 5. The number of benzene rings is 1. The first kappa shape index (κ1) is 19.2. The van der Waals surface area contributed by atoms with Crippen LogP contribution < -0.4 is 10.3 Å². The van der Waals surface area contributed by atoms with Crippen LogP contribution in [0.4, 0.5) is 13.2 Å². The van der Waals surface area contributed by atoms with Crippen LogP contribution in [-0.4, -0.2) is 9.55 Å². The van der Waals surface area contributed by atoms with Crippen LogP contribution in [0.15, 0.2) is 51.9 Å². The van der Waals surface area contributed by atoms with Gasteiger partial charge in [-0.3, -0.25) is 9.78 Å². The maximum absolute atomic E-state index is 13.7. The summed E-state index contributed by atoms with van der Waals surface area (Å²) in [5, 5.41) is 0. The van der Waals surface area contributed by atoms with Gasteiger partial charge in [0.15, 0.2) is 0 Å². The first-order chi connectivity index (χ1) is 12.9. The van der Waals surface area contributed by atoms with Gasteiger partial charge in [-0.1, -0.05) is 6.07 Å². The summed E-state index contributed by atoms with van der Waals surface area (Å²) >= 11 is 3.17. The predicted molar refractivity (Wildman–Crippen MR) is 97.1 cm³/mol. The minimum atomic E-state index is -1.05. The highest BCUT2D eigenvalue weighted by Crippen LogP contribution is 2.25. The maximum atomic E-state index is 13.7. The molecule has 0 fully saturated rings. The Kier molecular flexibility index (Phi) is 5.65. The number of aromatic nitrogens is 2. The molecule has 0 spiro atoms. The molecule has 140 valence electrons. The molecular weight excluding hydrogens is 425 g/mol. The quantitative estimate of drug-likeness (QED) is 0.594. The summed E-state index contributed by atoms with van der Waals surface area (Å²) in [6, 6.07) is 8.12. The smallest absolute Gasteiger partial charge is 0.269 e. The molecular formula is C19H14BrF3N2O2. The summed E-state index contributed by atoms with van der Waals surface area (Å²) in [4.78, 5) is 16.8. The van der Waals surface area contributed by atoms with Gasteiger partial charge in [0.2, 0.25) is 0 Å². The van der Waals surface area contributed by atoms with Gasteiger partial charge < -0.3 is 9.30 Å². The van der Waals surface area contributed by atoms with E-state index < -0.39 is 29.6 Å². The van der Waals surface area contributed by atoms with Crippen LogP contribution in [0.5, 0.6) is 5.75 Å². The molecule has 0 aliphatic rings. The first-order valence-electron chi connectivity index (χ1n) is 7.93. The molecule has 3 rings (SSSR count). The van der Waals surface area contributed by atoms with Crippen molar-refractivity contribution in [1.82, 2.24) is 9.55 Å². The second kappa shape index (κ2) is 7.96. The molecule has 0 amide bonds. The number of ether oxygens (including phenoxy) is 1. The highest BCUT2D eigenvalue weighted by Gasteiger charge is 2.16. The number of nitrogens with zero attached hydrogens (tertiary/aromatic N) is 2. The van der Waals surface area contributed by atoms with Crippen LogP contribution in [0, 0.1) is 24.4 Å². The lowest BCUT2D eigenvalue weighted by molar-refractivity contribution is 0.288. The fraction of sp³-hybridized carbons (Fsp3) is 0.158. The molecule has 0 radical (unpaired) electrons. The second-order valence-corrected chi connectivity index (χ2v) is 6.61. The van der Waals surface area contributed by atoms with Crippen molar-refractivity contribution in [2.75, 3.05) is 0 Å². The second-order valence-electron chi connectivity index (χ2n) is 5.81. The molecule has 0 N–H and O–H groups in total. The average molecular weight is 439 g/mol. The summed E-state index contributed by atoms with van der Waals surface area (Å²) in [5.41, 5.74) is 0.511. The molecule has 2 aromatic heterocycles. The van der Waals surface area contributed by atoms with Crippen LogP contribution in [0.25, 0.3) is 0 Å². The first-order valence-corrected chi connectivity index (χ1v) is 8.72. The Hall–Kier alpha value is -2.61. The van der Waals surface area contributed by atoms with Gasteiger partial charge in [0.1, 0.15) is 34.3 Å². The molecule has 2 heterocycles. The molecule has 0 aliphatic carbocycles. The molecule has 0 bridgehead atoms. The van der Waals surface area contributed by atoms with Crippen molar-refractivity contribution in [2.45, 2.75) is 20.1 Å². The number of pyridine rings is 2. The SMILES string of the molecule is Cc1cc(OCc2c(F)cc(F)cc2F)c(Br)c(=O)n1Cc1ccccn1. The highest BCUT2D eigenvalue weighted by atomic mass is 79.9. The Balaban J connectivity index is 1.87. The Labute approximate surface area is 161 Å². The van der Waals surface area contributed by atoms with Crippen LogP contribution in [0.2, 0.25) is 0 Å². The Morgan fingerprint density at radius 1 is 1.15 bits per heavy atom. The fourth-order valence-electron chi connectivity index (χ4n) is 2.53. The summed E-state index contributed by atoms with van der Waals surface area (Å²) in [6.45, 7) is 1.49. The number of halogens is 4. The van der Waals surface area contributed by atoms with Gasteiger partial charge in [0.25, 0.3) is 5.56 Å². The molecule has 0 unspecified atom stereocenters. The highest BCUT2D eigenvalue weighted by molar-refractivity contribution is 9.10. The van der Waals surface area contributed by atoms with Crippen molar-refractivity contribution >= 4 is 15.9 Å². The number of aryl methyl sites for hydroxylation is 1. The lowest BCUT2D eigenvalue weighted by Gasteiger charge is -2.15. The largest absolute Gasteiger partial charge is 0.487 e. The van der Waals surface area contributed by atoms with Crippen LogP contribution in [0.3, 0.4) is 0 Å². The van der Waals surface area contributed by atoms with E-state index in [0.717, 1.165) is 0 Å². The lowest BCUT2D eigenvalue weighted by atomic mass is 10.2. The molecule has 1 aromatic carbocycles. The van der Waals surface area contributed by atoms with Gasteiger partial charge in [-0.15, -0.1) is 0 Å². The van der Waals surface area contributed by atoms with Crippen molar-refractivity contribution in [3.63, 3.8) is 0 Å². The van der Waals surface area contributed by atoms with E-state index in [-0.39, 0.29) is 22.3 Å². The third-order valence-corrected chi connectivity index (χ3v) is 4.67. The van der Waals surface area contributed by atoms with Gasteiger partial charge >= 0.3 is 0 Å². The van der Waals surface area contributed by atoms with Crippen LogP contribution in [-0.2, 0) is 13.2 Å². The minimum absolute atomic E-state index is 0.118. The van der Waals surface area contributed by atoms with E-state index in [2.05, 4.69) is 20.9 Å². The maximum Gasteiger partial charge on any atom is 0.269 e. The van der Waals surface area contributed by atoms with Gasteiger partial charge in [-0.2, -0.15) is 0 Å². The predicted octanol–water partition coefficient (Wildman–Crippen LogP) is 4.36. The summed E-state index contributed by atoms with van der Waals surface area (Å²) < 4.78 is 47.5. The Morgan fingerprint density at radius 2 is 1.85 bits per heavy atom. The van der Waals surface area contributed by atoms with Gasteiger partial charge in [0, 0.05) is 30.1 Å². The van der Waals surface area contributed by atoms with Crippen molar-refractivity contribution in [3.8, 4) is 5.75 Å². The third kappa shape index (κ3) is 4.21. The molecule has 0 saturated heterocycles. The number of hydrogen-bond donors (Lipinski definition) is 0. The molecule has 0 aliphatic heterocycles. The normalized spacial score (nSPS) is 10.9. The van der Waals surface area contributed by atoms with Crippen LogP contribution >= 0.6 is 15.9 Å². The molecule has 0 atom stereocenters. The Morgan fingerprint density at radius 3 is 2.48 bits per heavy atom. The number of hydrogen-bond acceptors (Lipinski definition) is 3. The summed E-state index contributed by atoms with van der Waals surface area (Å²) in [5.74, 6) is -2.98. The zero-order valence-corrected chi connectivity index (χ0v) is 15.8. The van der Waals surface area contributed by atoms with E-state index in [0.29, 0.717) is 23.5 Å². The topological polar surface area (TPSA) is 44.1 Å². The molecule has 4 nitrogen and oxygen atoms in total. The van der Waals surface area contributed by atoms with Gasteiger partial charge in [-0.25, -0.2) is 13.2 Å². The van der Waals surface area contributed by atoms with Crippen LogP contribution in [0.1, 0.15) is 17.0 Å². The monoisotopic (exact) mass is 438 g/mol. The molecule has 8 heteroatoms. The Bertz CT molecular complexity index is 1020. The third-order valence-electron chi connectivity index (χ3n) is 3.94. The van der Waals surface area contributed by atoms with Crippen molar-refractivity contribution in [3.05, 3.63) is 91.8 Å². The van der Waals surface area contributed by atoms with E-state index in [4.69, 9.17) is 4.74 Å². The average Bonchev–Trinajstić information content (AvgIpc) is 2.62.